The average molecular weight is 283 g/mol. The number of aromatic amines is 1. The van der Waals surface area contributed by atoms with E-state index in [4.69, 9.17) is 4.74 Å². The summed E-state index contributed by atoms with van der Waals surface area (Å²) in [4.78, 5) is 15.0. The maximum absolute atomic E-state index is 13.0. The highest BCUT2D eigenvalue weighted by atomic mass is 19.1. The standard InChI is InChI=1S/C17H14FNO2/c18-13-4-3-5-14(10-13)21-17(20)9-8-12-11-19-16-7-2-1-6-15(12)16/h1-7,10-11,19H,8-9H2. The van der Waals surface area contributed by atoms with Gasteiger partial charge in [0.25, 0.3) is 0 Å². The van der Waals surface area contributed by atoms with Crippen molar-refractivity contribution in [3.8, 4) is 5.75 Å². The number of carbonyl (C=O) groups is 1. The number of rotatable bonds is 4. The predicted octanol–water partition coefficient (Wildman–Crippen LogP) is 3.85. The van der Waals surface area contributed by atoms with Gasteiger partial charge in [0, 0.05) is 23.2 Å². The molecular formula is C17H14FNO2. The molecule has 0 aliphatic heterocycles. The first-order chi connectivity index (χ1) is 10.2. The fraction of sp³-hybridized carbons (Fsp3) is 0.118. The molecular weight excluding hydrogens is 269 g/mol. The Labute approximate surface area is 121 Å². The number of ether oxygens (including phenoxy) is 1. The number of aromatic nitrogens is 1. The van der Waals surface area contributed by atoms with Crippen LogP contribution in [0.2, 0.25) is 0 Å². The number of hydrogen-bond acceptors (Lipinski definition) is 2. The Bertz CT molecular complexity index is 779. The highest BCUT2D eigenvalue weighted by molar-refractivity contribution is 5.83. The summed E-state index contributed by atoms with van der Waals surface area (Å²) in [6, 6.07) is 13.5. The second kappa shape index (κ2) is 5.79. The number of benzene rings is 2. The lowest BCUT2D eigenvalue weighted by molar-refractivity contribution is -0.134. The Kier molecular flexibility index (Phi) is 3.69. The molecule has 0 saturated heterocycles. The van der Waals surface area contributed by atoms with Crippen LogP contribution in [-0.4, -0.2) is 11.0 Å². The molecule has 3 rings (SSSR count). The Hall–Kier alpha value is -2.62. The molecule has 2 aromatic carbocycles. The van der Waals surface area contributed by atoms with Gasteiger partial charge in [-0.1, -0.05) is 24.3 Å². The van der Waals surface area contributed by atoms with Gasteiger partial charge in [-0.25, -0.2) is 4.39 Å². The summed E-state index contributed by atoms with van der Waals surface area (Å²) < 4.78 is 18.1. The number of fused-ring (bicyclic) bond motifs is 1. The number of esters is 1. The molecule has 106 valence electrons. The molecule has 1 heterocycles. The van der Waals surface area contributed by atoms with Crippen LogP contribution in [0.5, 0.6) is 5.75 Å². The van der Waals surface area contributed by atoms with E-state index in [9.17, 15) is 9.18 Å². The van der Waals surface area contributed by atoms with Crippen LogP contribution in [0.25, 0.3) is 10.9 Å². The van der Waals surface area contributed by atoms with Gasteiger partial charge < -0.3 is 9.72 Å². The average Bonchev–Trinajstić information content (AvgIpc) is 2.88. The third kappa shape index (κ3) is 3.11. The molecule has 3 aromatic rings. The van der Waals surface area contributed by atoms with Crippen molar-refractivity contribution in [3.05, 3.63) is 66.1 Å². The minimum absolute atomic E-state index is 0.235. The van der Waals surface area contributed by atoms with Crippen LogP contribution in [-0.2, 0) is 11.2 Å². The molecule has 1 N–H and O–H groups in total. The SMILES string of the molecule is O=C(CCc1c[nH]c2ccccc12)Oc1cccc(F)c1. The lowest BCUT2D eigenvalue weighted by Crippen LogP contribution is -2.09. The molecule has 21 heavy (non-hydrogen) atoms. The Balaban J connectivity index is 1.63. The van der Waals surface area contributed by atoms with Crippen molar-refractivity contribution in [1.29, 1.82) is 0 Å². The summed E-state index contributed by atoms with van der Waals surface area (Å²) in [6.45, 7) is 0. The van der Waals surface area contributed by atoms with E-state index in [2.05, 4.69) is 4.98 Å². The summed E-state index contributed by atoms with van der Waals surface area (Å²) >= 11 is 0. The molecule has 0 spiro atoms. The van der Waals surface area contributed by atoms with Gasteiger partial charge >= 0.3 is 5.97 Å². The van der Waals surface area contributed by atoms with E-state index < -0.39 is 5.82 Å². The highest BCUT2D eigenvalue weighted by Crippen LogP contribution is 2.19. The molecule has 0 atom stereocenters. The van der Waals surface area contributed by atoms with Crippen molar-refractivity contribution in [1.82, 2.24) is 4.98 Å². The van der Waals surface area contributed by atoms with Gasteiger partial charge in [-0.15, -0.1) is 0 Å². The van der Waals surface area contributed by atoms with Crippen molar-refractivity contribution in [2.75, 3.05) is 0 Å². The molecule has 0 aliphatic carbocycles. The summed E-state index contributed by atoms with van der Waals surface area (Å²) in [5.74, 6) is -0.554. The zero-order valence-electron chi connectivity index (χ0n) is 11.3. The third-order valence-electron chi connectivity index (χ3n) is 3.30. The smallest absolute Gasteiger partial charge is 0.311 e. The normalized spacial score (nSPS) is 10.7. The van der Waals surface area contributed by atoms with E-state index in [0.29, 0.717) is 6.42 Å². The van der Waals surface area contributed by atoms with Crippen LogP contribution in [0.3, 0.4) is 0 Å². The monoisotopic (exact) mass is 283 g/mol. The first-order valence-electron chi connectivity index (χ1n) is 6.73. The zero-order chi connectivity index (χ0) is 14.7. The van der Waals surface area contributed by atoms with Crippen molar-refractivity contribution in [3.63, 3.8) is 0 Å². The second-order valence-corrected chi connectivity index (χ2v) is 4.79. The van der Waals surface area contributed by atoms with E-state index in [0.717, 1.165) is 16.5 Å². The maximum Gasteiger partial charge on any atom is 0.311 e. The van der Waals surface area contributed by atoms with Crippen LogP contribution in [0.1, 0.15) is 12.0 Å². The number of H-pyrrole nitrogens is 1. The number of aryl methyl sites for hydroxylation is 1. The van der Waals surface area contributed by atoms with Crippen LogP contribution in [0.15, 0.2) is 54.7 Å². The van der Waals surface area contributed by atoms with Gasteiger partial charge in [-0.3, -0.25) is 4.79 Å². The van der Waals surface area contributed by atoms with Crippen LogP contribution >= 0.6 is 0 Å². The van der Waals surface area contributed by atoms with E-state index in [1.165, 1.54) is 18.2 Å². The fourth-order valence-corrected chi connectivity index (χ4v) is 2.29. The lowest BCUT2D eigenvalue weighted by Gasteiger charge is -2.04. The fourth-order valence-electron chi connectivity index (χ4n) is 2.29. The molecule has 1 aromatic heterocycles. The topological polar surface area (TPSA) is 42.1 Å². The summed E-state index contributed by atoms with van der Waals surface area (Å²) in [5.41, 5.74) is 2.12. The van der Waals surface area contributed by atoms with Gasteiger partial charge in [-0.2, -0.15) is 0 Å². The van der Waals surface area contributed by atoms with Crippen LogP contribution in [0, 0.1) is 5.82 Å². The summed E-state index contributed by atoms with van der Waals surface area (Å²) in [6.07, 6.45) is 2.73. The molecule has 0 bridgehead atoms. The Morgan fingerprint density at radius 1 is 1.14 bits per heavy atom. The van der Waals surface area contributed by atoms with Gasteiger partial charge in [0.05, 0.1) is 6.42 Å². The van der Waals surface area contributed by atoms with Gasteiger partial charge in [0.2, 0.25) is 0 Å². The van der Waals surface area contributed by atoms with Crippen molar-refractivity contribution in [2.24, 2.45) is 0 Å². The number of carbonyl (C=O) groups excluding carboxylic acids is 1. The largest absolute Gasteiger partial charge is 0.426 e. The van der Waals surface area contributed by atoms with E-state index >= 15 is 0 Å². The molecule has 4 heteroatoms. The van der Waals surface area contributed by atoms with Crippen molar-refractivity contribution in [2.45, 2.75) is 12.8 Å². The van der Waals surface area contributed by atoms with Crippen molar-refractivity contribution < 1.29 is 13.9 Å². The Morgan fingerprint density at radius 3 is 2.86 bits per heavy atom. The van der Waals surface area contributed by atoms with Crippen LogP contribution in [0.4, 0.5) is 4.39 Å². The number of halogens is 1. The van der Waals surface area contributed by atoms with E-state index in [-0.39, 0.29) is 18.1 Å². The molecule has 0 amide bonds. The van der Waals surface area contributed by atoms with Crippen molar-refractivity contribution >= 4 is 16.9 Å². The minimum atomic E-state index is -0.420. The molecule has 0 radical (unpaired) electrons. The number of para-hydroxylation sites is 1. The van der Waals surface area contributed by atoms with Gasteiger partial charge in [-0.05, 0) is 30.2 Å². The first-order valence-corrected chi connectivity index (χ1v) is 6.73. The maximum atomic E-state index is 13.0. The van der Waals surface area contributed by atoms with E-state index in [1.54, 1.807) is 6.07 Å². The minimum Gasteiger partial charge on any atom is -0.426 e. The Morgan fingerprint density at radius 2 is 2.00 bits per heavy atom. The highest BCUT2D eigenvalue weighted by Gasteiger charge is 2.09. The summed E-state index contributed by atoms with van der Waals surface area (Å²) in [5, 5.41) is 1.11. The molecule has 0 unspecified atom stereocenters. The first kappa shape index (κ1) is 13.4. The molecule has 0 fully saturated rings. The van der Waals surface area contributed by atoms with Gasteiger partial charge in [0.1, 0.15) is 11.6 Å². The predicted molar refractivity (Wildman–Crippen MR) is 78.7 cm³/mol. The number of hydrogen-bond donors (Lipinski definition) is 1. The summed E-state index contributed by atoms with van der Waals surface area (Å²) in [7, 11) is 0. The lowest BCUT2D eigenvalue weighted by atomic mass is 10.1. The number of nitrogens with one attached hydrogen (secondary N) is 1. The third-order valence-corrected chi connectivity index (χ3v) is 3.30. The zero-order valence-corrected chi connectivity index (χ0v) is 11.3. The van der Waals surface area contributed by atoms with Gasteiger partial charge in [0.15, 0.2) is 0 Å². The molecule has 0 saturated carbocycles. The molecule has 3 nitrogen and oxygen atoms in total. The van der Waals surface area contributed by atoms with Crippen LogP contribution < -0.4 is 4.74 Å². The second-order valence-electron chi connectivity index (χ2n) is 4.79. The quantitative estimate of drug-likeness (QED) is 0.584. The van der Waals surface area contributed by atoms with E-state index in [1.807, 2.05) is 30.5 Å². The molecule has 0 aliphatic rings.